The zero-order valence-electron chi connectivity index (χ0n) is 17.4. The molecule has 2 aromatic heterocycles. The number of aromatic nitrogens is 4. The van der Waals surface area contributed by atoms with Gasteiger partial charge in [-0.15, -0.1) is 0 Å². The van der Waals surface area contributed by atoms with Gasteiger partial charge in [-0.05, 0) is 19.3 Å². The van der Waals surface area contributed by atoms with E-state index in [1.165, 1.54) is 24.1 Å². The number of ether oxygens (including phenoxy) is 1. The molecule has 0 aromatic carbocycles. The maximum absolute atomic E-state index is 6.32. The number of unbranched alkanes of at least 4 members (excludes halogenated alkanes) is 1. The minimum Gasteiger partial charge on any atom is -0.372 e. The molecule has 4 heterocycles. The van der Waals surface area contributed by atoms with E-state index in [9.17, 15) is 0 Å². The number of rotatable bonds is 7. The lowest BCUT2D eigenvalue weighted by molar-refractivity contribution is -0.138. The van der Waals surface area contributed by atoms with Gasteiger partial charge >= 0.3 is 0 Å². The Morgan fingerprint density at radius 2 is 2.00 bits per heavy atom. The minimum atomic E-state index is 0.0250. The molecule has 0 bridgehead atoms. The number of aryl methyl sites for hydroxylation is 2. The third-order valence-electron chi connectivity index (χ3n) is 6.10. The lowest BCUT2D eigenvalue weighted by Gasteiger charge is -2.47. The van der Waals surface area contributed by atoms with Crippen LogP contribution in [0.2, 0.25) is 0 Å². The van der Waals surface area contributed by atoms with Crippen LogP contribution in [0.15, 0.2) is 18.6 Å². The van der Waals surface area contributed by atoms with Crippen molar-refractivity contribution in [1.29, 1.82) is 0 Å². The molecule has 7 heteroatoms. The quantitative estimate of drug-likeness (QED) is 0.791. The highest BCUT2D eigenvalue weighted by molar-refractivity contribution is 5.05. The predicted molar refractivity (Wildman–Crippen MR) is 109 cm³/mol. The zero-order chi connectivity index (χ0) is 19.4. The molecule has 28 heavy (non-hydrogen) atoms. The van der Waals surface area contributed by atoms with Crippen molar-refractivity contribution >= 4 is 0 Å². The van der Waals surface area contributed by atoms with Crippen molar-refractivity contribution in [2.24, 2.45) is 7.05 Å². The van der Waals surface area contributed by atoms with Crippen LogP contribution in [-0.4, -0.2) is 67.9 Å². The Bertz CT molecular complexity index is 746. The summed E-state index contributed by atoms with van der Waals surface area (Å²) in [5.41, 5.74) is 2.55. The molecule has 2 fully saturated rings. The Labute approximate surface area is 168 Å². The summed E-state index contributed by atoms with van der Waals surface area (Å²) in [6, 6.07) is 0. The molecule has 0 radical (unpaired) electrons. The van der Waals surface area contributed by atoms with Crippen molar-refractivity contribution in [2.75, 3.05) is 32.8 Å². The van der Waals surface area contributed by atoms with Gasteiger partial charge in [-0.1, -0.05) is 13.3 Å². The number of imidazole rings is 1. The van der Waals surface area contributed by atoms with Gasteiger partial charge in [0.1, 0.15) is 5.82 Å². The smallest absolute Gasteiger partial charge is 0.106 e. The van der Waals surface area contributed by atoms with Crippen LogP contribution in [0.1, 0.15) is 49.7 Å². The van der Waals surface area contributed by atoms with Gasteiger partial charge in [-0.2, -0.15) is 5.10 Å². The molecule has 4 rings (SSSR count). The van der Waals surface area contributed by atoms with E-state index in [0.29, 0.717) is 0 Å². The summed E-state index contributed by atoms with van der Waals surface area (Å²) in [7, 11) is 1.98. The second-order valence-electron chi connectivity index (χ2n) is 8.50. The lowest BCUT2D eigenvalue weighted by Crippen LogP contribution is -2.56. The first-order chi connectivity index (χ1) is 13.6. The largest absolute Gasteiger partial charge is 0.372 e. The SMILES string of the molecule is CCCCc1ncc(CN2CCC3(CC2)CN(Cc2cnn(C)c2)CCO3)[nH]1. The Hall–Kier alpha value is -1.70. The van der Waals surface area contributed by atoms with Crippen LogP contribution in [0, 0.1) is 0 Å². The second-order valence-corrected chi connectivity index (χ2v) is 8.50. The average molecular weight is 387 g/mol. The van der Waals surface area contributed by atoms with Gasteiger partial charge in [0.2, 0.25) is 0 Å². The second kappa shape index (κ2) is 8.76. The van der Waals surface area contributed by atoms with Crippen LogP contribution in [0.5, 0.6) is 0 Å². The number of nitrogens with zero attached hydrogens (tertiary/aromatic N) is 5. The van der Waals surface area contributed by atoms with Crippen LogP contribution in [0.3, 0.4) is 0 Å². The van der Waals surface area contributed by atoms with E-state index in [4.69, 9.17) is 4.74 Å². The lowest BCUT2D eigenvalue weighted by atomic mass is 9.89. The van der Waals surface area contributed by atoms with E-state index in [0.717, 1.165) is 71.0 Å². The highest BCUT2D eigenvalue weighted by Crippen LogP contribution is 2.31. The number of aromatic amines is 1. The molecular weight excluding hydrogens is 352 g/mol. The molecule has 0 unspecified atom stereocenters. The topological polar surface area (TPSA) is 62.2 Å². The van der Waals surface area contributed by atoms with Crippen molar-refractivity contribution in [3.63, 3.8) is 0 Å². The first kappa shape index (κ1) is 19.6. The van der Waals surface area contributed by atoms with Crippen molar-refractivity contribution < 1.29 is 4.74 Å². The average Bonchev–Trinajstić information content (AvgIpc) is 3.31. The summed E-state index contributed by atoms with van der Waals surface area (Å²) >= 11 is 0. The number of H-pyrrole nitrogens is 1. The highest BCUT2D eigenvalue weighted by atomic mass is 16.5. The number of hydrogen-bond acceptors (Lipinski definition) is 5. The molecule has 2 aliphatic rings. The predicted octanol–water partition coefficient (Wildman–Crippen LogP) is 2.35. The van der Waals surface area contributed by atoms with Gasteiger partial charge in [0.25, 0.3) is 0 Å². The summed E-state index contributed by atoms with van der Waals surface area (Å²) in [5.74, 6) is 1.13. The number of morpholine rings is 1. The molecule has 0 amide bonds. The molecule has 7 nitrogen and oxygen atoms in total. The van der Waals surface area contributed by atoms with Gasteiger partial charge in [0.15, 0.2) is 0 Å². The van der Waals surface area contributed by atoms with Crippen LogP contribution in [-0.2, 0) is 31.3 Å². The first-order valence-electron chi connectivity index (χ1n) is 10.7. The summed E-state index contributed by atoms with van der Waals surface area (Å²) in [4.78, 5) is 13.1. The van der Waals surface area contributed by atoms with Gasteiger partial charge in [-0.3, -0.25) is 14.5 Å². The Morgan fingerprint density at radius 3 is 2.75 bits per heavy atom. The normalized spacial score (nSPS) is 20.8. The van der Waals surface area contributed by atoms with Crippen molar-refractivity contribution in [1.82, 2.24) is 29.5 Å². The number of likely N-dealkylation sites (tertiary alicyclic amines) is 1. The van der Waals surface area contributed by atoms with Crippen LogP contribution >= 0.6 is 0 Å². The zero-order valence-corrected chi connectivity index (χ0v) is 17.4. The fourth-order valence-electron chi connectivity index (χ4n) is 4.49. The van der Waals surface area contributed by atoms with E-state index >= 15 is 0 Å². The number of hydrogen-bond donors (Lipinski definition) is 1. The van der Waals surface area contributed by atoms with Crippen LogP contribution in [0.25, 0.3) is 0 Å². The third kappa shape index (κ3) is 4.82. The fraction of sp³-hybridized carbons (Fsp3) is 0.714. The summed E-state index contributed by atoms with van der Waals surface area (Å²) in [6.45, 7) is 9.20. The Kier molecular flexibility index (Phi) is 6.13. The monoisotopic (exact) mass is 386 g/mol. The van der Waals surface area contributed by atoms with E-state index < -0.39 is 0 Å². The van der Waals surface area contributed by atoms with Crippen LogP contribution < -0.4 is 0 Å². The molecule has 0 saturated carbocycles. The molecule has 2 saturated heterocycles. The molecule has 0 aliphatic carbocycles. The Balaban J connectivity index is 1.27. The van der Waals surface area contributed by atoms with Crippen LogP contribution in [0.4, 0.5) is 0 Å². The Morgan fingerprint density at radius 1 is 1.14 bits per heavy atom. The standard InChI is InChI=1S/C21H34N6O/c1-3-4-5-20-22-13-19(24-20)16-26-8-6-21(7-9-26)17-27(10-11-28-21)15-18-12-23-25(2)14-18/h12-14H,3-11,15-17H2,1-2H3,(H,22,24). The summed E-state index contributed by atoms with van der Waals surface area (Å²) in [6.07, 6.45) is 11.8. The molecule has 1 N–H and O–H groups in total. The van der Waals surface area contributed by atoms with E-state index in [1.807, 2.05) is 24.1 Å². The fourth-order valence-corrected chi connectivity index (χ4v) is 4.49. The first-order valence-corrected chi connectivity index (χ1v) is 10.7. The molecule has 2 aromatic rings. The summed E-state index contributed by atoms with van der Waals surface area (Å²) in [5, 5.41) is 4.30. The number of nitrogens with one attached hydrogen (secondary N) is 1. The van der Waals surface area contributed by atoms with E-state index in [-0.39, 0.29) is 5.60 Å². The molecule has 1 spiro atoms. The highest BCUT2D eigenvalue weighted by Gasteiger charge is 2.39. The van der Waals surface area contributed by atoms with Crippen molar-refractivity contribution in [3.05, 3.63) is 35.7 Å². The maximum Gasteiger partial charge on any atom is 0.106 e. The van der Waals surface area contributed by atoms with Crippen molar-refractivity contribution in [3.8, 4) is 0 Å². The van der Waals surface area contributed by atoms with Crippen molar-refractivity contribution in [2.45, 2.75) is 57.7 Å². The van der Waals surface area contributed by atoms with Gasteiger partial charge in [0.05, 0.1) is 18.4 Å². The maximum atomic E-state index is 6.32. The molecule has 2 aliphatic heterocycles. The third-order valence-corrected chi connectivity index (χ3v) is 6.10. The summed E-state index contributed by atoms with van der Waals surface area (Å²) < 4.78 is 8.20. The van der Waals surface area contributed by atoms with E-state index in [2.05, 4.69) is 38.0 Å². The van der Waals surface area contributed by atoms with Gasteiger partial charge < -0.3 is 9.72 Å². The molecular formula is C21H34N6O. The number of piperidine rings is 1. The van der Waals surface area contributed by atoms with Gasteiger partial charge in [0, 0.05) is 76.4 Å². The minimum absolute atomic E-state index is 0.0250. The molecule has 154 valence electrons. The van der Waals surface area contributed by atoms with Gasteiger partial charge in [-0.25, -0.2) is 4.98 Å². The van der Waals surface area contributed by atoms with E-state index in [1.54, 1.807) is 0 Å². The molecule has 0 atom stereocenters.